The van der Waals surface area contributed by atoms with Crippen molar-refractivity contribution in [1.29, 1.82) is 0 Å². The largest absolute Gasteiger partial charge is 0.350 e. The number of para-hydroxylation sites is 1. The van der Waals surface area contributed by atoms with Crippen LogP contribution in [0.4, 0.5) is 8.78 Å². The molecule has 2 rings (SSSR count). The van der Waals surface area contributed by atoms with Crippen molar-refractivity contribution in [2.24, 2.45) is 12.8 Å². The highest BCUT2D eigenvalue weighted by Crippen LogP contribution is 2.33. The molecule has 0 saturated heterocycles. The van der Waals surface area contributed by atoms with E-state index in [1.54, 1.807) is 23.7 Å². The summed E-state index contributed by atoms with van der Waals surface area (Å²) in [4.78, 5) is 0. The summed E-state index contributed by atoms with van der Waals surface area (Å²) in [6.07, 6.45) is 1.44. The number of nitrogens with two attached hydrogens (primary N) is 1. The molecule has 0 saturated carbocycles. The molecule has 1 aromatic heterocycles. The van der Waals surface area contributed by atoms with Gasteiger partial charge >= 0.3 is 0 Å². The molecule has 15 heavy (non-hydrogen) atoms. The number of fused-ring (bicyclic) bond motifs is 1. The van der Waals surface area contributed by atoms with Crippen molar-refractivity contribution in [3.8, 4) is 0 Å². The van der Waals surface area contributed by atoms with Crippen LogP contribution < -0.4 is 5.73 Å². The number of nitrogens with zero attached hydrogens (tertiary/aromatic N) is 1. The monoisotopic (exact) mass is 210 g/mol. The third kappa shape index (κ3) is 1.51. The van der Waals surface area contributed by atoms with Crippen LogP contribution in [0, 0.1) is 0 Å². The molecule has 0 atom stereocenters. The molecule has 0 aliphatic carbocycles. The van der Waals surface area contributed by atoms with Gasteiger partial charge in [0.05, 0.1) is 6.54 Å². The van der Waals surface area contributed by atoms with Crippen molar-refractivity contribution < 1.29 is 8.78 Å². The van der Waals surface area contributed by atoms with Gasteiger partial charge in [-0.2, -0.15) is 8.78 Å². The molecule has 0 radical (unpaired) electrons. The van der Waals surface area contributed by atoms with Gasteiger partial charge in [-0.25, -0.2) is 0 Å². The first-order valence-electron chi connectivity index (χ1n) is 4.68. The molecular formula is C11H12F2N2. The smallest absolute Gasteiger partial charge is 0.287 e. The van der Waals surface area contributed by atoms with Crippen LogP contribution in [-0.4, -0.2) is 11.1 Å². The molecule has 80 valence electrons. The molecule has 1 aromatic carbocycles. The van der Waals surface area contributed by atoms with E-state index in [9.17, 15) is 8.78 Å². The molecule has 0 aliphatic rings. The van der Waals surface area contributed by atoms with Crippen molar-refractivity contribution in [1.82, 2.24) is 4.57 Å². The molecule has 0 fully saturated rings. The van der Waals surface area contributed by atoms with Crippen LogP contribution in [0.3, 0.4) is 0 Å². The summed E-state index contributed by atoms with van der Waals surface area (Å²) in [5.74, 6) is -2.96. The quantitative estimate of drug-likeness (QED) is 0.809. The van der Waals surface area contributed by atoms with Crippen LogP contribution in [0.2, 0.25) is 0 Å². The lowest BCUT2D eigenvalue weighted by Crippen LogP contribution is -2.24. The van der Waals surface area contributed by atoms with Gasteiger partial charge in [-0.3, -0.25) is 0 Å². The van der Waals surface area contributed by atoms with Crippen molar-refractivity contribution in [3.63, 3.8) is 0 Å². The zero-order valence-corrected chi connectivity index (χ0v) is 8.37. The number of halogens is 2. The lowest BCUT2D eigenvalue weighted by molar-refractivity contribution is 0.00738. The van der Waals surface area contributed by atoms with Crippen molar-refractivity contribution >= 4 is 10.9 Å². The van der Waals surface area contributed by atoms with Gasteiger partial charge in [0.2, 0.25) is 0 Å². The third-order valence-corrected chi connectivity index (χ3v) is 2.55. The standard InChI is InChI=1S/C11H12F2N2/c1-15-6-9(11(12,13)7-14)8-4-2-3-5-10(8)15/h2-6H,7,14H2,1H3. The van der Waals surface area contributed by atoms with E-state index in [2.05, 4.69) is 0 Å². The maximum Gasteiger partial charge on any atom is 0.287 e. The average Bonchev–Trinajstić information content (AvgIpc) is 2.58. The van der Waals surface area contributed by atoms with E-state index < -0.39 is 12.5 Å². The van der Waals surface area contributed by atoms with E-state index in [0.717, 1.165) is 5.52 Å². The Kier molecular flexibility index (Phi) is 2.23. The van der Waals surface area contributed by atoms with E-state index in [4.69, 9.17) is 5.73 Å². The fourth-order valence-electron chi connectivity index (χ4n) is 1.74. The Labute approximate surface area is 86.3 Å². The first-order chi connectivity index (χ1) is 7.06. The Morgan fingerprint density at radius 3 is 2.67 bits per heavy atom. The van der Waals surface area contributed by atoms with Crippen LogP contribution >= 0.6 is 0 Å². The molecule has 0 unspecified atom stereocenters. The van der Waals surface area contributed by atoms with Gasteiger partial charge in [0, 0.05) is 29.7 Å². The minimum absolute atomic E-state index is 0.00287. The number of benzene rings is 1. The van der Waals surface area contributed by atoms with E-state index in [1.165, 1.54) is 6.20 Å². The minimum atomic E-state index is -2.96. The Bertz CT molecular complexity index is 488. The molecule has 0 bridgehead atoms. The molecule has 2 aromatic rings. The van der Waals surface area contributed by atoms with Crippen molar-refractivity contribution in [2.75, 3.05) is 6.54 Å². The summed E-state index contributed by atoms with van der Waals surface area (Å²) in [6, 6.07) is 7.07. The number of alkyl halides is 2. The summed E-state index contributed by atoms with van der Waals surface area (Å²) in [5.41, 5.74) is 5.87. The van der Waals surface area contributed by atoms with Gasteiger partial charge in [-0.05, 0) is 6.07 Å². The number of aryl methyl sites for hydroxylation is 1. The van der Waals surface area contributed by atoms with Gasteiger partial charge in [-0.15, -0.1) is 0 Å². The highest BCUT2D eigenvalue weighted by atomic mass is 19.3. The third-order valence-electron chi connectivity index (χ3n) is 2.55. The van der Waals surface area contributed by atoms with E-state index >= 15 is 0 Å². The highest BCUT2D eigenvalue weighted by molar-refractivity contribution is 5.84. The SMILES string of the molecule is Cn1cc(C(F)(F)CN)c2ccccc21. The number of hydrogen-bond donors (Lipinski definition) is 1. The fourth-order valence-corrected chi connectivity index (χ4v) is 1.74. The normalized spacial score (nSPS) is 12.3. The Morgan fingerprint density at radius 1 is 1.33 bits per heavy atom. The van der Waals surface area contributed by atoms with Gasteiger partial charge in [-0.1, -0.05) is 18.2 Å². The van der Waals surface area contributed by atoms with Crippen LogP contribution in [0.15, 0.2) is 30.5 Å². The van der Waals surface area contributed by atoms with Crippen molar-refractivity contribution in [3.05, 3.63) is 36.0 Å². The molecule has 0 aliphatic heterocycles. The van der Waals surface area contributed by atoms with Crippen molar-refractivity contribution in [2.45, 2.75) is 5.92 Å². The highest BCUT2D eigenvalue weighted by Gasteiger charge is 2.32. The summed E-state index contributed by atoms with van der Waals surface area (Å²) >= 11 is 0. The Hall–Kier alpha value is -1.42. The second-order valence-corrected chi connectivity index (χ2v) is 3.58. The molecular weight excluding hydrogens is 198 g/mol. The predicted molar refractivity (Wildman–Crippen MR) is 55.9 cm³/mol. The molecule has 2 nitrogen and oxygen atoms in total. The topological polar surface area (TPSA) is 30.9 Å². The Morgan fingerprint density at radius 2 is 2.00 bits per heavy atom. The predicted octanol–water partition coefficient (Wildman–Crippen LogP) is 2.23. The first kappa shape index (κ1) is 10.1. The van der Waals surface area contributed by atoms with Crippen LogP contribution in [0.5, 0.6) is 0 Å². The molecule has 2 N–H and O–H groups in total. The summed E-state index contributed by atoms with van der Waals surface area (Å²) in [5, 5.41) is 0.565. The van der Waals surface area contributed by atoms with Gasteiger partial charge in [0.15, 0.2) is 0 Å². The summed E-state index contributed by atoms with van der Waals surface area (Å²) in [6.45, 7) is -0.666. The van der Waals surface area contributed by atoms with Crippen LogP contribution in [0.25, 0.3) is 10.9 Å². The zero-order valence-electron chi connectivity index (χ0n) is 8.37. The molecule has 0 spiro atoms. The summed E-state index contributed by atoms with van der Waals surface area (Å²) in [7, 11) is 1.75. The lowest BCUT2D eigenvalue weighted by atomic mass is 10.1. The van der Waals surface area contributed by atoms with Crippen LogP contribution in [0.1, 0.15) is 5.56 Å². The Balaban J connectivity index is 2.72. The van der Waals surface area contributed by atoms with E-state index in [0.29, 0.717) is 5.39 Å². The minimum Gasteiger partial charge on any atom is -0.350 e. The van der Waals surface area contributed by atoms with Gasteiger partial charge < -0.3 is 10.3 Å². The van der Waals surface area contributed by atoms with Gasteiger partial charge in [0.1, 0.15) is 0 Å². The lowest BCUT2D eigenvalue weighted by Gasteiger charge is -2.12. The van der Waals surface area contributed by atoms with Gasteiger partial charge in [0.25, 0.3) is 5.92 Å². The second-order valence-electron chi connectivity index (χ2n) is 3.58. The van der Waals surface area contributed by atoms with Crippen LogP contribution in [-0.2, 0) is 13.0 Å². The first-order valence-corrected chi connectivity index (χ1v) is 4.68. The fraction of sp³-hybridized carbons (Fsp3) is 0.273. The average molecular weight is 210 g/mol. The number of aromatic nitrogens is 1. The maximum absolute atomic E-state index is 13.5. The molecule has 0 amide bonds. The number of rotatable bonds is 2. The molecule has 1 heterocycles. The zero-order chi connectivity index (χ0) is 11.1. The van der Waals surface area contributed by atoms with E-state index in [1.807, 2.05) is 12.1 Å². The summed E-state index contributed by atoms with van der Waals surface area (Å²) < 4.78 is 28.7. The maximum atomic E-state index is 13.5. The molecule has 4 heteroatoms. The second kappa shape index (κ2) is 3.31. The van der Waals surface area contributed by atoms with E-state index in [-0.39, 0.29) is 5.56 Å². The number of hydrogen-bond acceptors (Lipinski definition) is 1.